The van der Waals surface area contributed by atoms with E-state index in [0.29, 0.717) is 6.54 Å². The van der Waals surface area contributed by atoms with Crippen LogP contribution in [0.4, 0.5) is 4.79 Å². The molecule has 1 aromatic carbocycles. The lowest BCUT2D eigenvalue weighted by Gasteiger charge is -2.17. The van der Waals surface area contributed by atoms with Gasteiger partial charge < -0.3 is 16.0 Å². The van der Waals surface area contributed by atoms with Crippen LogP contribution >= 0.6 is 0 Å². The highest BCUT2D eigenvalue weighted by Gasteiger charge is 2.30. The largest absolute Gasteiger partial charge is 0.347 e. The average Bonchev–Trinajstić information content (AvgIpc) is 2.96. The van der Waals surface area contributed by atoms with Crippen molar-refractivity contribution >= 4 is 11.9 Å². The van der Waals surface area contributed by atoms with Crippen LogP contribution in [0.15, 0.2) is 18.2 Å². The van der Waals surface area contributed by atoms with Crippen LogP contribution in [0.3, 0.4) is 0 Å². The lowest BCUT2D eigenvalue weighted by molar-refractivity contribution is -0.123. The predicted octanol–water partition coefficient (Wildman–Crippen LogP) is 0.780. The van der Waals surface area contributed by atoms with Crippen molar-refractivity contribution in [2.24, 2.45) is 0 Å². The van der Waals surface area contributed by atoms with E-state index in [1.54, 1.807) is 0 Å². The fourth-order valence-corrected chi connectivity index (χ4v) is 2.78. The first-order valence-corrected chi connectivity index (χ1v) is 6.57. The van der Waals surface area contributed by atoms with E-state index in [-0.39, 0.29) is 18.0 Å². The molecule has 0 aromatic heterocycles. The zero-order valence-electron chi connectivity index (χ0n) is 10.8. The maximum absolute atomic E-state index is 12.1. The highest BCUT2D eigenvalue weighted by atomic mass is 16.2. The molecule has 2 aliphatic rings. The summed E-state index contributed by atoms with van der Waals surface area (Å²) in [7, 11) is 0. The van der Waals surface area contributed by atoms with Crippen molar-refractivity contribution in [2.75, 3.05) is 6.54 Å². The number of benzene rings is 1. The molecule has 0 bridgehead atoms. The molecule has 5 nitrogen and oxygen atoms in total. The molecule has 3 N–H and O–H groups in total. The summed E-state index contributed by atoms with van der Waals surface area (Å²) in [6.45, 7) is 2.43. The van der Waals surface area contributed by atoms with Gasteiger partial charge in [-0.25, -0.2) is 4.79 Å². The minimum Gasteiger partial charge on any atom is -0.347 e. The number of amides is 3. The zero-order valence-corrected chi connectivity index (χ0v) is 10.8. The second kappa shape index (κ2) is 4.57. The van der Waals surface area contributed by atoms with E-state index < -0.39 is 6.04 Å². The Labute approximate surface area is 111 Å². The van der Waals surface area contributed by atoms with Crippen LogP contribution < -0.4 is 16.0 Å². The van der Waals surface area contributed by atoms with Crippen LogP contribution in [0.1, 0.15) is 29.2 Å². The first-order chi connectivity index (χ1) is 9.13. The van der Waals surface area contributed by atoms with Gasteiger partial charge in [0, 0.05) is 6.54 Å². The van der Waals surface area contributed by atoms with Crippen molar-refractivity contribution < 1.29 is 9.59 Å². The van der Waals surface area contributed by atoms with Gasteiger partial charge in [0.2, 0.25) is 5.91 Å². The normalized spacial score (nSPS) is 24.6. The average molecular weight is 259 g/mol. The number of fused-ring (bicyclic) bond motifs is 1. The topological polar surface area (TPSA) is 70.2 Å². The van der Waals surface area contributed by atoms with Crippen molar-refractivity contribution in [3.63, 3.8) is 0 Å². The maximum Gasteiger partial charge on any atom is 0.315 e. The summed E-state index contributed by atoms with van der Waals surface area (Å²) in [5, 5.41) is 8.21. The van der Waals surface area contributed by atoms with Gasteiger partial charge >= 0.3 is 6.03 Å². The van der Waals surface area contributed by atoms with Crippen molar-refractivity contribution in [3.8, 4) is 0 Å². The predicted molar refractivity (Wildman–Crippen MR) is 70.7 cm³/mol. The molecule has 0 radical (unpaired) electrons. The Hall–Kier alpha value is -2.04. The highest BCUT2D eigenvalue weighted by Crippen LogP contribution is 2.31. The van der Waals surface area contributed by atoms with Crippen molar-refractivity contribution in [1.29, 1.82) is 0 Å². The molecular formula is C14H17N3O2. The van der Waals surface area contributed by atoms with Gasteiger partial charge in [-0.3, -0.25) is 4.79 Å². The number of hydrogen-bond donors (Lipinski definition) is 3. The first-order valence-electron chi connectivity index (χ1n) is 6.57. The fourth-order valence-electron chi connectivity index (χ4n) is 2.78. The SMILES string of the molecule is Cc1ccc2c(c1)CCC2NC(=O)C1CNC(=O)N1. The van der Waals surface area contributed by atoms with Gasteiger partial charge in [-0.2, -0.15) is 0 Å². The quantitative estimate of drug-likeness (QED) is 0.734. The lowest BCUT2D eigenvalue weighted by atomic mass is 10.1. The van der Waals surface area contributed by atoms with Gasteiger partial charge in [-0.05, 0) is 30.9 Å². The molecule has 1 aliphatic heterocycles. The summed E-state index contributed by atoms with van der Waals surface area (Å²) in [4.78, 5) is 23.1. The third-order valence-electron chi connectivity index (χ3n) is 3.78. The molecule has 0 saturated carbocycles. The van der Waals surface area contributed by atoms with E-state index in [2.05, 4.69) is 41.1 Å². The smallest absolute Gasteiger partial charge is 0.315 e. The zero-order chi connectivity index (χ0) is 13.4. The minimum atomic E-state index is -0.456. The Balaban J connectivity index is 1.69. The fraction of sp³-hybridized carbons (Fsp3) is 0.429. The monoisotopic (exact) mass is 259 g/mol. The molecule has 3 rings (SSSR count). The Kier molecular flexibility index (Phi) is 2.89. The number of carbonyl (C=O) groups is 2. The number of urea groups is 1. The Morgan fingerprint density at radius 2 is 2.26 bits per heavy atom. The molecule has 0 spiro atoms. The summed E-state index contributed by atoms with van der Waals surface area (Å²) in [6, 6.07) is 5.68. The summed E-state index contributed by atoms with van der Waals surface area (Å²) in [5.74, 6) is -0.114. The Morgan fingerprint density at radius 3 is 3.00 bits per heavy atom. The molecule has 1 heterocycles. The molecule has 3 amide bonds. The number of hydrogen-bond acceptors (Lipinski definition) is 2. The Bertz CT molecular complexity index is 541. The van der Waals surface area contributed by atoms with E-state index in [1.165, 1.54) is 16.7 Å². The Morgan fingerprint density at radius 1 is 1.42 bits per heavy atom. The van der Waals surface area contributed by atoms with Gasteiger partial charge in [0.25, 0.3) is 0 Å². The van der Waals surface area contributed by atoms with Crippen LogP contribution in [-0.2, 0) is 11.2 Å². The van der Waals surface area contributed by atoms with Gasteiger partial charge in [-0.15, -0.1) is 0 Å². The van der Waals surface area contributed by atoms with Gasteiger partial charge in [0.05, 0.1) is 6.04 Å². The van der Waals surface area contributed by atoms with E-state index in [0.717, 1.165) is 12.8 Å². The molecule has 19 heavy (non-hydrogen) atoms. The van der Waals surface area contributed by atoms with Crippen LogP contribution in [0.2, 0.25) is 0 Å². The highest BCUT2D eigenvalue weighted by molar-refractivity contribution is 5.90. The van der Waals surface area contributed by atoms with Crippen molar-refractivity contribution in [3.05, 3.63) is 34.9 Å². The number of carbonyl (C=O) groups excluding carboxylic acids is 2. The number of aryl methyl sites for hydroxylation is 2. The second-order valence-corrected chi connectivity index (χ2v) is 5.21. The molecule has 2 unspecified atom stereocenters. The molecule has 1 saturated heterocycles. The summed E-state index contributed by atoms with van der Waals surface area (Å²) < 4.78 is 0. The van der Waals surface area contributed by atoms with Crippen LogP contribution in [-0.4, -0.2) is 24.5 Å². The van der Waals surface area contributed by atoms with Gasteiger partial charge in [0.15, 0.2) is 0 Å². The molecule has 5 heteroatoms. The minimum absolute atomic E-state index is 0.0700. The van der Waals surface area contributed by atoms with E-state index >= 15 is 0 Å². The third-order valence-corrected chi connectivity index (χ3v) is 3.78. The van der Waals surface area contributed by atoms with Crippen molar-refractivity contribution in [1.82, 2.24) is 16.0 Å². The summed E-state index contributed by atoms with van der Waals surface area (Å²) in [6.07, 6.45) is 1.93. The van der Waals surface area contributed by atoms with Crippen LogP contribution in [0, 0.1) is 6.92 Å². The number of nitrogens with one attached hydrogen (secondary N) is 3. The third kappa shape index (κ3) is 2.28. The van der Waals surface area contributed by atoms with Crippen molar-refractivity contribution in [2.45, 2.75) is 31.8 Å². The standard InChI is InChI=1S/C14H17N3O2/c1-8-2-4-10-9(6-8)3-5-11(10)16-13(18)12-7-15-14(19)17-12/h2,4,6,11-12H,3,5,7H2,1H3,(H,16,18)(H2,15,17,19). The maximum atomic E-state index is 12.1. The molecular weight excluding hydrogens is 242 g/mol. The molecule has 2 atom stereocenters. The molecule has 100 valence electrons. The van der Waals surface area contributed by atoms with Gasteiger partial charge in [0.1, 0.15) is 6.04 Å². The molecule has 1 aliphatic carbocycles. The lowest BCUT2D eigenvalue weighted by Crippen LogP contribution is -2.43. The van der Waals surface area contributed by atoms with Crippen LogP contribution in [0.5, 0.6) is 0 Å². The van der Waals surface area contributed by atoms with Gasteiger partial charge in [-0.1, -0.05) is 23.8 Å². The van der Waals surface area contributed by atoms with E-state index in [1.807, 2.05) is 0 Å². The van der Waals surface area contributed by atoms with E-state index in [9.17, 15) is 9.59 Å². The first kappa shape index (κ1) is 12.0. The summed E-state index contributed by atoms with van der Waals surface area (Å²) >= 11 is 0. The van der Waals surface area contributed by atoms with Crippen LogP contribution in [0.25, 0.3) is 0 Å². The number of rotatable bonds is 2. The van der Waals surface area contributed by atoms with E-state index in [4.69, 9.17) is 0 Å². The second-order valence-electron chi connectivity index (χ2n) is 5.21. The molecule has 1 fully saturated rings. The summed E-state index contributed by atoms with van der Waals surface area (Å²) in [5.41, 5.74) is 3.77. The molecule has 1 aromatic rings.